The Labute approximate surface area is 212 Å². The van der Waals surface area contributed by atoms with Gasteiger partial charge in [-0.05, 0) is 36.4 Å². The third-order valence-electron chi connectivity index (χ3n) is 6.24. The van der Waals surface area contributed by atoms with Crippen molar-refractivity contribution in [2.45, 2.75) is 0 Å². The number of rotatable bonds is 5. The van der Waals surface area contributed by atoms with Crippen LogP contribution in [0.15, 0.2) is 60.9 Å². The monoisotopic (exact) mass is 506 g/mol. The molecule has 0 unspecified atom stereocenters. The van der Waals surface area contributed by atoms with E-state index < -0.39 is 5.82 Å². The van der Waals surface area contributed by atoms with E-state index in [4.69, 9.17) is 22.1 Å². The van der Waals surface area contributed by atoms with E-state index in [2.05, 4.69) is 19.9 Å². The summed E-state index contributed by atoms with van der Waals surface area (Å²) in [5, 5.41) is -0.00556. The fraction of sp³-hybridized carbons (Fsp3) is 0.192. The van der Waals surface area contributed by atoms with Crippen LogP contribution in [-0.4, -0.2) is 59.0 Å². The molecule has 8 nitrogen and oxygen atoms in total. The molecule has 2 aromatic heterocycles. The molecule has 0 atom stereocenters. The highest BCUT2D eigenvalue weighted by atomic mass is 35.5. The molecule has 0 spiro atoms. The zero-order valence-corrected chi connectivity index (χ0v) is 20.3. The Kier molecular flexibility index (Phi) is 6.47. The average molecular weight is 507 g/mol. The van der Waals surface area contributed by atoms with Gasteiger partial charge < -0.3 is 25.3 Å². The Morgan fingerprint density at radius 1 is 1.11 bits per heavy atom. The first-order chi connectivity index (χ1) is 17.4. The number of nitrogens with zero attached hydrogens (tertiary/aromatic N) is 4. The molecule has 4 aromatic rings. The molecule has 1 amide bonds. The minimum absolute atomic E-state index is 0.00556. The molecule has 1 fully saturated rings. The summed E-state index contributed by atoms with van der Waals surface area (Å²) in [4.78, 5) is 28.7. The number of nitrogen functional groups attached to an aromatic ring is 1. The van der Waals surface area contributed by atoms with Crippen LogP contribution >= 0.6 is 11.6 Å². The standard InChI is InChI=1S/C26H24ClFN6O2/c1-36-18-7-5-17(6-8-18)33-9-11-34(12-10-33)25(35)22-13-16(14-30-22)24-20(15-31-26(29)32-24)19-3-2-4-21(27)23(19)28/h2-8,13-15,30H,9-12H2,1H3,(H2,29,31,32). The number of amides is 1. The van der Waals surface area contributed by atoms with Crippen LogP contribution in [0.5, 0.6) is 5.75 Å². The van der Waals surface area contributed by atoms with Crippen molar-refractivity contribution in [2.24, 2.45) is 0 Å². The summed E-state index contributed by atoms with van der Waals surface area (Å²) in [5.74, 6) is 0.158. The van der Waals surface area contributed by atoms with Gasteiger partial charge in [-0.15, -0.1) is 0 Å². The first-order valence-corrected chi connectivity index (χ1v) is 11.8. The molecule has 1 aliphatic rings. The second-order valence-electron chi connectivity index (χ2n) is 8.37. The van der Waals surface area contributed by atoms with Crippen LogP contribution in [0.4, 0.5) is 16.0 Å². The zero-order chi connectivity index (χ0) is 25.2. The molecule has 0 bridgehead atoms. The number of nitrogens with one attached hydrogen (secondary N) is 1. The number of carbonyl (C=O) groups excluding carboxylic acids is 1. The van der Waals surface area contributed by atoms with Gasteiger partial charge in [-0.25, -0.2) is 14.4 Å². The smallest absolute Gasteiger partial charge is 0.270 e. The maximum absolute atomic E-state index is 14.8. The lowest BCUT2D eigenvalue weighted by Crippen LogP contribution is -2.48. The molecule has 36 heavy (non-hydrogen) atoms. The van der Waals surface area contributed by atoms with Crippen LogP contribution in [-0.2, 0) is 0 Å². The molecule has 1 aliphatic heterocycles. The summed E-state index contributed by atoms with van der Waals surface area (Å²) in [7, 11) is 1.64. The maximum atomic E-state index is 14.8. The second kappa shape index (κ2) is 9.87. The van der Waals surface area contributed by atoms with E-state index in [1.165, 1.54) is 12.3 Å². The van der Waals surface area contributed by atoms with Crippen LogP contribution in [0.3, 0.4) is 0 Å². The van der Waals surface area contributed by atoms with Gasteiger partial charge in [-0.1, -0.05) is 23.7 Å². The Bertz CT molecular complexity index is 1400. The van der Waals surface area contributed by atoms with E-state index in [0.29, 0.717) is 48.7 Å². The molecular weight excluding hydrogens is 483 g/mol. The molecule has 5 rings (SSSR count). The lowest BCUT2D eigenvalue weighted by Gasteiger charge is -2.36. The highest BCUT2D eigenvalue weighted by molar-refractivity contribution is 6.31. The number of benzene rings is 2. The van der Waals surface area contributed by atoms with Gasteiger partial charge >= 0.3 is 0 Å². The van der Waals surface area contributed by atoms with Gasteiger partial charge in [0.05, 0.1) is 17.8 Å². The number of methoxy groups -OCH3 is 1. The van der Waals surface area contributed by atoms with Gasteiger partial charge in [0.15, 0.2) is 0 Å². The average Bonchev–Trinajstić information content (AvgIpc) is 3.40. The molecule has 184 valence electrons. The lowest BCUT2D eigenvalue weighted by molar-refractivity contribution is 0.0741. The number of halogens is 2. The van der Waals surface area contributed by atoms with Gasteiger partial charge in [-0.3, -0.25) is 4.79 Å². The van der Waals surface area contributed by atoms with Crippen LogP contribution in [0.1, 0.15) is 10.5 Å². The van der Waals surface area contributed by atoms with Crippen LogP contribution in [0.25, 0.3) is 22.4 Å². The minimum atomic E-state index is -0.574. The summed E-state index contributed by atoms with van der Waals surface area (Å²) < 4.78 is 20.0. The largest absolute Gasteiger partial charge is 0.497 e. The van der Waals surface area contributed by atoms with Gasteiger partial charge in [-0.2, -0.15) is 0 Å². The van der Waals surface area contributed by atoms with E-state index in [-0.39, 0.29) is 22.4 Å². The van der Waals surface area contributed by atoms with Crippen LogP contribution < -0.4 is 15.4 Å². The third-order valence-corrected chi connectivity index (χ3v) is 6.53. The van der Waals surface area contributed by atoms with Gasteiger partial charge in [0.25, 0.3) is 5.91 Å². The summed E-state index contributed by atoms with van der Waals surface area (Å²) >= 11 is 5.98. The number of aromatic amines is 1. The predicted octanol–water partition coefficient (Wildman–Crippen LogP) is 4.48. The topological polar surface area (TPSA) is 100 Å². The molecular formula is C26H24ClFN6O2. The van der Waals surface area contributed by atoms with Crippen molar-refractivity contribution < 1.29 is 13.9 Å². The normalized spacial score (nSPS) is 13.6. The van der Waals surface area contributed by atoms with Gasteiger partial charge in [0.1, 0.15) is 17.3 Å². The molecule has 0 saturated carbocycles. The number of carbonyl (C=O) groups is 1. The zero-order valence-electron chi connectivity index (χ0n) is 19.5. The Morgan fingerprint density at radius 3 is 2.58 bits per heavy atom. The van der Waals surface area contributed by atoms with E-state index >= 15 is 0 Å². The van der Waals surface area contributed by atoms with Crippen molar-refractivity contribution >= 4 is 29.1 Å². The Hall–Kier alpha value is -4.11. The molecule has 2 aromatic carbocycles. The first-order valence-electron chi connectivity index (χ1n) is 11.4. The number of aromatic nitrogens is 3. The summed E-state index contributed by atoms with van der Waals surface area (Å²) in [6.07, 6.45) is 3.12. The van der Waals surface area contributed by atoms with Crippen LogP contribution in [0.2, 0.25) is 5.02 Å². The fourth-order valence-electron chi connectivity index (χ4n) is 4.31. The predicted molar refractivity (Wildman–Crippen MR) is 138 cm³/mol. The SMILES string of the molecule is COc1ccc(N2CCN(C(=O)c3cc(-c4nc(N)ncc4-c4cccc(Cl)c4F)c[nH]3)CC2)cc1. The van der Waals surface area contributed by atoms with E-state index in [1.807, 2.05) is 29.2 Å². The number of nitrogens with two attached hydrogens (primary N) is 1. The van der Waals surface area contributed by atoms with Crippen molar-refractivity contribution in [3.63, 3.8) is 0 Å². The molecule has 0 aliphatic carbocycles. The second-order valence-corrected chi connectivity index (χ2v) is 8.78. The number of hydrogen-bond acceptors (Lipinski definition) is 6. The van der Waals surface area contributed by atoms with Crippen LogP contribution in [0, 0.1) is 5.82 Å². The fourth-order valence-corrected chi connectivity index (χ4v) is 4.48. The summed E-state index contributed by atoms with van der Waals surface area (Å²) in [6, 6.07) is 14.3. The molecule has 10 heteroatoms. The molecule has 3 N–H and O–H groups in total. The highest BCUT2D eigenvalue weighted by Crippen LogP contribution is 2.34. The summed E-state index contributed by atoms with van der Waals surface area (Å²) in [6.45, 7) is 2.59. The van der Waals surface area contributed by atoms with E-state index in [1.54, 1.807) is 31.5 Å². The van der Waals surface area contributed by atoms with Crippen molar-refractivity contribution in [1.82, 2.24) is 19.9 Å². The first kappa shape index (κ1) is 23.6. The van der Waals surface area contributed by atoms with Crippen molar-refractivity contribution in [1.29, 1.82) is 0 Å². The number of anilines is 2. The molecule has 3 heterocycles. The van der Waals surface area contributed by atoms with Gasteiger partial charge in [0.2, 0.25) is 5.95 Å². The van der Waals surface area contributed by atoms with E-state index in [9.17, 15) is 9.18 Å². The maximum Gasteiger partial charge on any atom is 0.270 e. The number of ether oxygens (including phenoxy) is 1. The highest BCUT2D eigenvalue weighted by Gasteiger charge is 2.24. The van der Waals surface area contributed by atoms with Crippen molar-refractivity contribution in [3.05, 3.63) is 77.5 Å². The van der Waals surface area contributed by atoms with E-state index in [0.717, 1.165) is 11.4 Å². The Balaban J connectivity index is 1.34. The quantitative estimate of drug-likeness (QED) is 0.414. The van der Waals surface area contributed by atoms with Crippen molar-refractivity contribution in [2.75, 3.05) is 43.9 Å². The lowest BCUT2D eigenvalue weighted by atomic mass is 10.0. The van der Waals surface area contributed by atoms with Gasteiger partial charge in [0, 0.05) is 61.0 Å². The summed E-state index contributed by atoms with van der Waals surface area (Å²) in [5.41, 5.74) is 9.02. The minimum Gasteiger partial charge on any atom is -0.497 e. The number of piperazine rings is 1. The van der Waals surface area contributed by atoms with Crippen molar-refractivity contribution in [3.8, 4) is 28.1 Å². The number of H-pyrrole nitrogens is 1. The Morgan fingerprint density at radius 2 is 1.86 bits per heavy atom. The molecule has 0 radical (unpaired) electrons. The molecule has 1 saturated heterocycles. The third kappa shape index (κ3) is 4.57. The number of hydrogen-bond donors (Lipinski definition) is 2.